The van der Waals surface area contributed by atoms with Gasteiger partial charge in [0.05, 0.1) is 18.7 Å². The maximum Gasteiger partial charge on any atom is 0.336 e. The van der Waals surface area contributed by atoms with E-state index >= 15 is 0 Å². The Balaban J connectivity index is 1.65. The summed E-state index contributed by atoms with van der Waals surface area (Å²) < 4.78 is 3.64. The van der Waals surface area contributed by atoms with Gasteiger partial charge in [-0.1, -0.05) is 86.6 Å². The molecule has 4 rings (SSSR count). The fraction of sp³-hybridized carbons (Fsp3) is 0.214. The second kappa shape index (κ2) is 9.74. The molecule has 168 valence electrons. The minimum absolute atomic E-state index is 0.0190. The molecule has 0 aliphatic heterocycles. The van der Waals surface area contributed by atoms with E-state index in [0.717, 1.165) is 28.8 Å². The summed E-state index contributed by atoms with van der Waals surface area (Å²) in [5.74, 6) is -0.685. The van der Waals surface area contributed by atoms with E-state index in [4.69, 9.17) is 0 Å². The topological polar surface area (TPSA) is 64.2 Å². The molecule has 0 aliphatic carbocycles. The fourth-order valence-electron chi connectivity index (χ4n) is 4.10. The van der Waals surface area contributed by atoms with Crippen molar-refractivity contribution in [2.45, 2.75) is 39.3 Å². The van der Waals surface area contributed by atoms with Crippen LogP contribution in [0.25, 0.3) is 11.1 Å². The Kier molecular flexibility index (Phi) is 6.59. The number of carbonyl (C=O) groups is 1. The zero-order valence-electron chi connectivity index (χ0n) is 18.9. The van der Waals surface area contributed by atoms with Crippen LogP contribution >= 0.6 is 0 Å². The van der Waals surface area contributed by atoms with E-state index in [2.05, 4.69) is 13.8 Å². The second-order valence-electron chi connectivity index (χ2n) is 8.39. The van der Waals surface area contributed by atoms with Gasteiger partial charge in [-0.15, -0.1) is 0 Å². The summed E-state index contributed by atoms with van der Waals surface area (Å²) >= 11 is 0. The molecule has 1 aromatic heterocycles. The Bertz CT molecular complexity index is 1300. The van der Waals surface area contributed by atoms with E-state index in [0.29, 0.717) is 18.7 Å². The molecule has 0 spiro atoms. The van der Waals surface area contributed by atoms with Crippen LogP contribution in [0, 0.1) is 0 Å². The van der Waals surface area contributed by atoms with Gasteiger partial charge in [0.15, 0.2) is 0 Å². The average Bonchev–Trinajstić information content (AvgIpc) is 3.14. The molecule has 0 radical (unpaired) electrons. The molecule has 0 aliphatic rings. The quantitative estimate of drug-likeness (QED) is 0.386. The molecule has 0 saturated carbocycles. The van der Waals surface area contributed by atoms with Crippen molar-refractivity contribution in [3.8, 4) is 11.1 Å². The Morgan fingerprint density at radius 3 is 2.18 bits per heavy atom. The van der Waals surface area contributed by atoms with Crippen LogP contribution < -0.4 is 5.69 Å². The predicted molar refractivity (Wildman–Crippen MR) is 131 cm³/mol. The molecule has 3 aromatic carbocycles. The van der Waals surface area contributed by atoms with Crippen LogP contribution in [0.15, 0.2) is 89.9 Å². The van der Waals surface area contributed by atoms with Crippen LogP contribution in [0.2, 0.25) is 0 Å². The Morgan fingerprint density at radius 2 is 1.52 bits per heavy atom. The number of hydrogen-bond acceptors (Lipinski definition) is 2. The van der Waals surface area contributed by atoms with Gasteiger partial charge in [0.25, 0.3) is 0 Å². The average molecular weight is 441 g/mol. The number of nitrogens with zero attached hydrogens (tertiary/aromatic N) is 2. The van der Waals surface area contributed by atoms with E-state index in [1.54, 1.807) is 16.7 Å². The van der Waals surface area contributed by atoms with Gasteiger partial charge in [0, 0.05) is 11.9 Å². The summed E-state index contributed by atoms with van der Waals surface area (Å²) in [6, 6.07) is 24.8. The molecule has 5 heteroatoms. The third-order valence-electron chi connectivity index (χ3n) is 6.15. The number of hydrogen-bond donors (Lipinski definition) is 1. The number of rotatable bonds is 8. The van der Waals surface area contributed by atoms with Crippen LogP contribution in [0.1, 0.15) is 53.4 Å². The molecule has 0 amide bonds. The van der Waals surface area contributed by atoms with E-state index < -0.39 is 5.97 Å². The maximum absolute atomic E-state index is 13.3. The first-order chi connectivity index (χ1) is 16.0. The standard InChI is InChI=1S/C28H28N2O3/c1-3-20(2)26-19-29(17-21-9-5-4-6-10-21)28(33)30(26)18-22-13-15-23(16-14-22)24-11-7-8-12-25(24)27(31)32/h4-16,19-20H,3,17-18H2,1-2H3,(H,31,32). The van der Waals surface area contributed by atoms with Gasteiger partial charge >= 0.3 is 11.7 Å². The normalized spacial score (nSPS) is 11.9. The Morgan fingerprint density at radius 1 is 0.879 bits per heavy atom. The summed E-state index contributed by atoms with van der Waals surface area (Å²) in [6.45, 7) is 5.29. The van der Waals surface area contributed by atoms with Crippen molar-refractivity contribution in [3.63, 3.8) is 0 Å². The molecule has 5 nitrogen and oxygen atoms in total. The number of carboxylic acids is 1. The van der Waals surface area contributed by atoms with Gasteiger partial charge in [0.1, 0.15) is 0 Å². The molecule has 33 heavy (non-hydrogen) atoms. The summed E-state index contributed by atoms with van der Waals surface area (Å²) in [7, 11) is 0. The molecule has 1 unspecified atom stereocenters. The highest BCUT2D eigenvalue weighted by molar-refractivity contribution is 5.95. The number of aromatic carboxylic acids is 1. The van der Waals surface area contributed by atoms with Crippen molar-refractivity contribution in [2.75, 3.05) is 0 Å². The van der Waals surface area contributed by atoms with Crippen molar-refractivity contribution in [2.24, 2.45) is 0 Å². The molecule has 0 saturated heterocycles. The molecule has 0 bridgehead atoms. The smallest absolute Gasteiger partial charge is 0.336 e. The van der Waals surface area contributed by atoms with Crippen molar-refractivity contribution in [1.29, 1.82) is 0 Å². The third-order valence-corrected chi connectivity index (χ3v) is 6.15. The molecule has 0 fully saturated rings. The summed E-state index contributed by atoms with van der Waals surface area (Å²) in [5.41, 5.74) is 4.90. The lowest BCUT2D eigenvalue weighted by atomic mass is 9.98. The predicted octanol–water partition coefficient (Wildman–Crippen LogP) is 5.63. The minimum Gasteiger partial charge on any atom is -0.478 e. The van der Waals surface area contributed by atoms with Gasteiger partial charge in [0.2, 0.25) is 0 Å². The summed E-state index contributed by atoms with van der Waals surface area (Å²) in [5, 5.41) is 9.48. The fourth-order valence-corrected chi connectivity index (χ4v) is 4.10. The van der Waals surface area contributed by atoms with Crippen LogP contribution in [-0.4, -0.2) is 20.2 Å². The first-order valence-corrected chi connectivity index (χ1v) is 11.2. The highest BCUT2D eigenvalue weighted by atomic mass is 16.4. The molecular weight excluding hydrogens is 412 g/mol. The molecule has 1 N–H and O–H groups in total. The van der Waals surface area contributed by atoms with E-state index in [9.17, 15) is 14.7 Å². The number of aromatic nitrogens is 2. The van der Waals surface area contributed by atoms with E-state index in [-0.39, 0.29) is 17.2 Å². The lowest BCUT2D eigenvalue weighted by Crippen LogP contribution is -2.26. The van der Waals surface area contributed by atoms with Gasteiger partial charge in [-0.25, -0.2) is 9.59 Å². The lowest BCUT2D eigenvalue weighted by molar-refractivity contribution is 0.0697. The van der Waals surface area contributed by atoms with Crippen molar-refractivity contribution < 1.29 is 9.90 Å². The monoisotopic (exact) mass is 440 g/mol. The van der Waals surface area contributed by atoms with Gasteiger partial charge < -0.3 is 5.11 Å². The van der Waals surface area contributed by atoms with Crippen molar-refractivity contribution >= 4 is 5.97 Å². The minimum atomic E-state index is -0.945. The van der Waals surface area contributed by atoms with Crippen LogP contribution in [0.5, 0.6) is 0 Å². The maximum atomic E-state index is 13.3. The largest absolute Gasteiger partial charge is 0.478 e. The van der Waals surface area contributed by atoms with Gasteiger partial charge in [-0.3, -0.25) is 9.13 Å². The summed E-state index contributed by atoms with van der Waals surface area (Å²) in [4.78, 5) is 24.9. The highest BCUT2D eigenvalue weighted by Crippen LogP contribution is 2.25. The molecular formula is C28H28N2O3. The third kappa shape index (κ3) is 4.82. The SMILES string of the molecule is CCC(C)c1cn(Cc2ccccc2)c(=O)n1Cc1ccc(-c2ccccc2C(=O)O)cc1. The van der Waals surface area contributed by atoms with E-state index in [1.807, 2.05) is 77.5 Å². The Labute approximate surface area is 193 Å². The highest BCUT2D eigenvalue weighted by Gasteiger charge is 2.17. The first-order valence-electron chi connectivity index (χ1n) is 11.2. The number of benzene rings is 3. The Hall–Kier alpha value is -3.86. The zero-order chi connectivity index (χ0) is 23.4. The van der Waals surface area contributed by atoms with Crippen molar-refractivity contribution in [1.82, 2.24) is 9.13 Å². The second-order valence-corrected chi connectivity index (χ2v) is 8.39. The van der Waals surface area contributed by atoms with Crippen LogP contribution in [0.4, 0.5) is 0 Å². The van der Waals surface area contributed by atoms with E-state index in [1.165, 1.54) is 0 Å². The number of carboxylic acid groups (broad SMARTS) is 1. The van der Waals surface area contributed by atoms with Crippen LogP contribution in [0.3, 0.4) is 0 Å². The molecule has 4 aromatic rings. The summed E-state index contributed by atoms with van der Waals surface area (Å²) in [6.07, 6.45) is 2.93. The first kappa shape index (κ1) is 22.3. The van der Waals surface area contributed by atoms with Gasteiger partial charge in [-0.05, 0) is 40.7 Å². The molecule has 1 atom stereocenters. The van der Waals surface area contributed by atoms with Crippen molar-refractivity contribution in [3.05, 3.63) is 118 Å². The lowest BCUT2D eigenvalue weighted by Gasteiger charge is -2.13. The number of imidazole rings is 1. The van der Waals surface area contributed by atoms with Crippen LogP contribution in [-0.2, 0) is 13.1 Å². The van der Waals surface area contributed by atoms with Gasteiger partial charge in [-0.2, -0.15) is 0 Å². The zero-order valence-corrected chi connectivity index (χ0v) is 18.9. The molecule has 1 heterocycles.